The maximum Gasteiger partial charge on any atom is 0.252 e. The molecule has 0 unspecified atom stereocenters. The van der Waals surface area contributed by atoms with Gasteiger partial charge in [-0.05, 0) is 46.5 Å². The number of benzene rings is 5. The third-order valence-electron chi connectivity index (χ3n) is 8.81. The van der Waals surface area contributed by atoms with Crippen LogP contribution in [0.5, 0.6) is 5.75 Å². The van der Waals surface area contributed by atoms with Gasteiger partial charge in [-0.2, -0.15) is 0 Å². The Morgan fingerprint density at radius 2 is 1.53 bits per heavy atom. The van der Waals surface area contributed by atoms with Crippen molar-refractivity contribution in [2.45, 2.75) is 30.4 Å². The van der Waals surface area contributed by atoms with Gasteiger partial charge in [-0.15, -0.1) is 0 Å². The second kappa shape index (κ2) is 17.0. The molecule has 5 aromatic rings. The summed E-state index contributed by atoms with van der Waals surface area (Å²) in [6.07, 6.45) is 3.69. The van der Waals surface area contributed by atoms with Gasteiger partial charge in [0, 0.05) is 53.6 Å². The fourth-order valence-electron chi connectivity index (χ4n) is 6.23. The second-order valence-corrected chi connectivity index (χ2v) is 12.1. The van der Waals surface area contributed by atoms with E-state index in [1.165, 1.54) is 0 Å². The number of azide groups is 1. The number of nitrogens with zero attached hydrogens (tertiary/aromatic N) is 4. The van der Waals surface area contributed by atoms with Gasteiger partial charge in [0.1, 0.15) is 5.75 Å². The highest BCUT2D eigenvalue weighted by Crippen LogP contribution is 2.46. The third kappa shape index (κ3) is 8.36. The van der Waals surface area contributed by atoms with Crippen molar-refractivity contribution in [3.05, 3.63) is 184 Å². The maximum atomic E-state index is 14.9. The normalized spacial score (nSPS) is 16.7. The summed E-state index contributed by atoms with van der Waals surface area (Å²) < 4.78 is 12.4. The van der Waals surface area contributed by atoms with Crippen molar-refractivity contribution in [1.82, 2.24) is 5.32 Å². The molecule has 2 atom stereocenters. The average molecular weight is 678 g/mol. The minimum Gasteiger partial charge on any atom is -0.494 e. The van der Waals surface area contributed by atoms with Crippen LogP contribution in [0.3, 0.4) is 0 Å². The van der Waals surface area contributed by atoms with Gasteiger partial charge < -0.3 is 19.9 Å². The zero-order chi connectivity index (χ0) is 35.3. The molecule has 1 aliphatic heterocycles. The molecule has 6 rings (SSSR count). The number of carbonyl (C=O) groups excluding carboxylic acids is 1. The van der Waals surface area contributed by atoms with E-state index >= 15 is 0 Å². The zero-order valence-electron chi connectivity index (χ0n) is 28.1. The molecule has 1 heterocycles. The fraction of sp³-hybridized carbons (Fsp3) is 0.190. The van der Waals surface area contributed by atoms with E-state index in [1.54, 1.807) is 24.3 Å². The molecule has 0 aliphatic carbocycles. The molecule has 0 saturated heterocycles. The predicted molar refractivity (Wildman–Crippen MR) is 200 cm³/mol. The summed E-state index contributed by atoms with van der Waals surface area (Å²) in [4.78, 5) is 23.1. The number of rotatable bonds is 15. The van der Waals surface area contributed by atoms with E-state index in [1.807, 2.05) is 103 Å². The first-order valence-corrected chi connectivity index (χ1v) is 17.0. The van der Waals surface area contributed by atoms with Crippen LogP contribution in [0.15, 0.2) is 156 Å². The average Bonchev–Trinajstić information content (AvgIpc) is 3.57. The highest BCUT2D eigenvalue weighted by Gasteiger charge is 2.53. The Morgan fingerprint density at radius 1 is 0.902 bits per heavy atom. The number of carbonyl (C=O) groups is 1. The van der Waals surface area contributed by atoms with Crippen LogP contribution < -0.4 is 10.1 Å². The van der Waals surface area contributed by atoms with E-state index in [2.05, 4.69) is 39.6 Å². The van der Waals surface area contributed by atoms with Crippen LogP contribution in [0.25, 0.3) is 16.5 Å². The Kier molecular flexibility index (Phi) is 11.6. The van der Waals surface area contributed by atoms with Gasteiger partial charge in [0.2, 0.25) is 5.90 Å². The van der Waals surface area contributed by atoms with E-state index in [0.29, 0.717) is 42.1 Å². The summed E-state index contributed by atoms with van der Waals surface area (Å²) in [5.74, 6) is 0.477. The number of ether oxygens (including phenoxy) is 2. The zero-order valence-corrected chi connectivity index (χ0v) is 28.1. The lowest BCUT2D eigenvalue weighted by Gasteiger charge is -2.31. The van der Waals surface area contributed by atoms with Crippen LogP contribution in [0.2, 0.25) is 0 Å². The highest BCUT2D eigenvalue weighted by molar-refractivity contribution is 6.01. The smallest absolute Gasteiger partial charge is 0.252 e. The second-order valence-electron chi connectivity index (χ2n) is 12.1. The van der Waals surface area contributed by atoms with Crippen molar-refractivity contribution in [2.75, 3.05) is 19.8 Å². The Bertz CT molecular complexity index is 1960. The largest absolute Gasteiger partial charge is 0.494 e. The molecule has 5 aromatic carbocycles. The van der Waals surface area contributed by atoms with Gasteiger partial charge in [0.25, 0.3) is 5.91 Å². The molecule has 0 aromatic heterocycles. The topological polar surface area (TPSA) is 129 Å². The Balaban J connectivity index is 1.42. The maximum absolute atomic E-state index is 14.9. The molecular weight excluding hydrogens is 638 g/mol. The summed E-state index contributed by atoms with van der Waals surface area (Å²) >= 11 is 0. The van der Waals surface area contributed by atoms with E-state index in [9.17, 15) is 10.3 Å². The molecule has 9 nitrogen and oxygen atoms in total. The van der Waals surface area contributed by atoms with Gasteiger partial charge in [0.15, 0.2) is 11.6 Å². The number of hydrogen-bond acceptors (Lipinski definition) is 6. The molecule has 0 fully saturated rings. The van der Waals surface area contributed by atoms with Gasteiger partial charge in [0.05, 0.1) is 6.61 Å². The van der Waals surface area contributed by atoms with Crippen molar-refractivity contribution in [3.8, 4) is 5.75 Å². The van der Waals surface area contributed by atoms with Gasteiger partial charge >= 0.3 is 0 Å². The van der Waals surface area contributed by atoms with E-state index in [4.69, 9.17) is 19.6 Å². The summed E-state index contributed by atoms with van der Waals surface area (Å²) in [6.45, 7) is 0.740. The Labute approximate surface area is 297 Å². The monoisotopic (exact) mass is 677 g/mol. The summed E-state index contributed by atoms with van der Waals surface area (Å²) in [5, 5.41) is 16.4. The van der Waals surface area contributed by atoms with E-state index in [-0.39, 0.29) is 30.8 Å². The van der Waals surface area contributed by atoms with Crippen molar-refractivity contribution in [1.29, 1.82) is 0 Å². The third-order valence-corrected chi connectivity index (χ3v) is 8.81. The van der Waals surface area contributed by atoms with Crippen molar-refractivity contribution in [3.63, 3.8) is 0 Å². The molecule has 0 radical (unpaired) electrons. The van der Waals surface area contributed by atoms with Crippen molar-refractivity contribution < 1.29 is 19.4 Å². The summed E-state index contributed by atoms with van der Waals surface area (Å²) in [6, 6.07) is 44.4. The molecule has 0 saturated carbocycles. The van der Waals surface area contributed by atoms with Gasteiger partial charge in [-0.25, -0.2) is 4.99 Å². The van der Waals surface area contributed by atoms with Crippen LogP contribution in [0, 0.1) is 0 Å². The number of hydrogen-bond donors (Lipinski definition) is 2. The molecule has 9 heteroatoms. The molecule has 1 aliphatic rings. The number of aliphatic hydroxyl groups excluding tert-OH is 1. The molecular formula is C42H39N5O4. The minimum absolute atomic E-state index is 0.0434. The molecule has 2 N–H and O–H groups in total. The lowest BCUT2D eigenvalue weighted by Crippen LogP contribution is -2.49. The van der Waals surface area contributed by atoms with Gasteiger partial charge in [-0.3, -0.25) is 4.79 Å². The van der Waals surface area contributed by atoms with Crippen molar-refractivity contribution in [2.24, 2.45) is 10.1 Å². The molecule has 0 bridgehead atoms. The van der Waals surface area contributed by atoms with Gasteiger partial charge in [-0.1, -0.05) is 133 Å². The first kappa shape index (κ1) is 34.7. The van der Waals surface area contributed by atoms with Crippen LogP contribution in [0.1, 0.15) is 52.7 Å². The predicted octanol–water partition coefficient (Wildman–Crippen LogP) is 8.70. The quantitative estimate of drug-likeness (QED) is 0.0497. The van der Waals surface area contributed by atoms with Crippen LogP contribution in [0.4, 0.5) is 5.69 Å². The fourth-order valence-corrected chi connectivity index (χ4v) is 6.23. The minimum atomic E-state index is -1.48. The first-order valence-electron chi connectivity index (χ1n) is 17.0. The van der Waals surface area contributed by atoms with Crippen LogP contribution in [-0.2, 0) is 9.53 Å². The lowest BCUT2D eigenvalue weighted by atomic mass is 9.83. The van der Waals surface area contributed by atoms with Crippen LogP contribution >= 0.6 is 0 Å². The first-order chi connectivity index (χ1) is 25.1. The molecule has 51 heavy (non-hydrogen) atoms. The Morgan fingerprint density at radius 3 is 2.18 bits per heavy atom. The standard InChI is InChI=1S/C42H39N5O4/c43-47-46-38-22-11-10-21-36(38)39-42(27-12-16-31-14-4-1-5-15-31,45-40(51-39)34-23-25-35(26-24-34)50-29-13-28-48)41(49)44-30-37(32-17-6-2-7-18-32)33-19-8-3-9-20-33/h1-12,14-26,37,39,48H,13,27-30H2,(H,44,49)/b16-12+/t39-,42-/m1/s1. The number of amides is 1. The number of nitrogens with one attached hydrogen (secondary N) is 1. The molecule has 0 spiro atoms. The number of aliphatic imine (C=N–C) groups is 1. The highest BCUT2D eigenvalue weighted by atomic mass is 16.5. The van der Waals surface area contributed by atoms with Crippen LogP contribution in [-0.4, -0.2) is 42.2 Å². The summed E-state index contributed by atoms with van der Waals surface area (Å²) in [5.41, 5.74) is 12.7. The van der Waals surface area contributed by atoms with Crippen molar-refractivity contribution >= 4 is 23.6 Å². The lowest BCUT2D eigenvalue weighted by molar-refractivity contribution is -0.128. The molecule has 1 amide bonds. The SMILES string of the molecule is [N-]=[N+]=Nc1ccccc1[C@H]1OC(c2ccc(OCCCO)cc2)=N[C@@]1(C/C=C/c1ccccc1)C(=O)NCC(c1ccccc1)c1ccccc1. The summed E-state index contributed by atoms with van der Waals surface area (Å²) in [7, 11) is 0. The number of aliphatic hydroxyl groups is 1. The van der Waals surface area contributed by atoms with E-state index < -0.39 is 11.6 Å². The van der Waals surface area contributed by atoms with E-state index in [0.717, 1.165) is 16.7 Å². The Hall–Kier alpha value is -6.15. The molecule has 256 valence electrons.